The van der Waals surface area contributed by atoms with Gasteiger partial charge in [-0.3, -0.25) is 9.59 Å². The van der Waals surface area contributed by atoms with Gasteiger partial charge in [-0.05, 0) is 44.4 Å². The lowest BCUT2D eigenvalue weighted by Gasteiger charge is -2.21. The van der Waals surface area contributed by atoms with E-state index < -0.39 is 11.9 Å². The largest absolute Gasteiger partial charge is 0.368 e. The van der Waals surface area contributed by atoms with Crippen LogP contribution in [0, 0.1) is 0 Å². The molecule has 7 nitrogen and oxygen atoms in total. The van der Waals surface area contributed by atoms with Crippen LogP contribution in [-0.2, 0) is 16.0 Å². The molecule has 2 aromatic rings. The Labute approximate surface area is 163 Å². The van der Waals surface area contributed by atoms with Crippen LogP contribution in [0.25, 0.3) is 10.4 Å². The molecule has 0 saturated carbocycles. The number of nitrogens with zero attached hydrogens (tertiary/aromatic N) is 4. The number of primary amides is 1. The summed E-state index contributed by atoms with van der Waals surface area (Å²) in [5.41, 5.74) is 6.45. The molecule has 2 aromatic heterocycles. The van der Waals surface area contributed by atoms with Gasteiger partial charge in [-0.15, -0.1) is 11.3 Å². The van der Waals surface area contributed by atoms with E-state index in [1.54, 1.807) is 17.3 Å². The highest BCUT2D eigenvalue weighted by Gasteiger charge is 2.32. The summed E-state index contributed by atoms with van der Waals surface area (Å²) in [5.74, 6) is 0.419. The highest BCUT2D eigenvalue weighted by Crippen LogP contribution is 2.29. The van der Waals surface area contributed by atoms with Crippen molar-refractivity contribution in [3.63, 3.8) is 0 Å². The zero-order chi connectivity index (χ0) is 19.4. The Morgan fingerprint density at radius 3 is 2.81 bits per heavy atom. The van der Waals surface area contributed by atoms with Crippen molar-refractivity contribution in [2.45, 2.75) is 39.2 Å². The van der Waals surface area contributed by atoms with Crippen LogP contribution in [0.4, 0.5) is 5.82 Å². The third kappa shape index (κ3) is 4.27. The summed E-state index contributed by atoms with van der Waals surface area (Å²) >= 11 is 1.50. The second-order valence-corrected chi connectivity index (χ2v) is 7.63. The number of hydrogen-bond acceptors (Lipinski definition) is 6. The van der Waals surface area contributed by atoms with Crippen molar-refractivity contribution in [3.05, 3.63) is 29.5 Å². The summed E-state index contributed by atoms with van der Waals surface area (Å²) in [6.07, 6.45) is 5.25. The summed E-state index contributed by atoms with van der Waals surface area (Å²) in [6.45, 7) is 6.58. The van der Waals surface area contributed by atoms with Crippen LogP contribution in [0.15, 0.2) is 24.5 Å². The molecule has 2 N–H and O–H groups in total. The van der Waals surface area contributed by atoms with E-state index in [0.717, 1.165) is 40.8 Å². The quantitative estimate of drug-likeness (QED) is 0.785. The minimum atomic E-state index is -0.478. The highest BCUT2D eigenvalue weighted by atomic mass is 32.1. The number of nitrogens with two attached hydrogens (primary N) is 1. The molecule has 2 amide bonds. The zero-order valence-corrected chi connectivity index (χ0v) is 16.5. The Hall–Kier alpha value is -2.48. The smallest absolute Gasteiger partial charge is 0.240 e. The lowest BCUT2D eigenvalue weighted by Crippen LogP contribution is -2.44. The van der Waals surface area contributed by atoms with E-state index in [2.05, 4.69) is 34.8 Å². The summed E-state index contributed by atoms with van der Waals surface area (Å²) < 4.78 is 0. The third-order valence-corrected chi connectivity index (χ3v) is 5.92. The molecule has 8 heteroatoms. The number of aromatic nitrogens is 2. The first-order valence-electron chi connectivity index (χ1n) is 9.28. The second-order valence-electron chi connectivity index (χ2n) is 6.52. The molecule has 0 bridgehead atoms. The maximum Gasteiger partial charge on any atom is 0.240 e. The Bertz CT molecular complexity index is 818. The van der Waals surface area contributed by atoms with Gasteiger partial charge in [0.05, 0.1) is 11.3 Å². The SMILES string of the molecule is CCN(CC)c1cc(-c2cnc(CC(=O)N3CCC[C@H]3C(N)=O)s2)ccn1. The van der Waals surface area contributed by atoms with Crippen LogP contribution >= 0.6 is 11.3 Å². The van der Waals surface area contributed by atoms with E-state index in [4.69, 9.17) is 5.73 Å². The number of likely N-dealkylation sites (tertiary alicyclic amines) is 1. The molecular weight excluding hydrogens is 362 g/mol. The number of carbonyl (C=O) groups excluding carboxylic acids is 2. The fourth-order valence-electron chi connectivity index (χ4n) is 3.41. The van der Waals surface area contributed by atoms with Gasteiger partial charge in [0.2, 0.25) is 11.8 Å². The first-order chi connectivity index (χ1) is 13.0. The van der Waals surface area contributed by atoms with Gasteiger partial charge in [0.15, 0.2) is 0 Å². The summed E-state index contributed by atoms with van der Waals surface area (Å²) in [6, 6.07) is 3.53. The number of anilines is 1. The molecule has 1 atom stereocenters. The average molecular weight is 388 g/mol. The van der Waals surface area contributed by atoms with Gasteiger partial charge in [0.25, 0.3) is 0 Å². The van der Waals surface area contributed by atoms with E-state index in [9.17, 15) is 9.59 Å². The fourth-order valence-corrected chi connectivity index (χ4v) is 4.31. The van der Waals surface area contributed by atoms with E-state index in [1.807, 2.05) is 6.07 Å². The second kappa shape index (κ2) is 8.47. The van der Waals surface area contributed by atoms with Crippen LogP contribution in [-0.4, -0.2) is 52.4 Å². The normalized spacial score (nSPS) is 16.5. The zero-order valence-electron chi connectivity index (χ0n) is 15.7. The molecular formula is C19H25N5O2S. The van der Waals surface area contributed by atoms with Crippen LogP contribution < -0.4 is 10.6 Å². The number of carbonyl (C=O) groups is 2. The highest BCUT2D eigenvalue weighted by molar-refractivity contribution is 7.15. The fraction of sp³-hybridized carbons (Fsp3) is 0.474. The predicted molar refractivity (Wildman–Crippen MR) is 107 cm³/mol. The van der Waals surface area contributed by atoms with Crippen LogP contribution in [0.3, 0.4) is 0 Å². The summed E-state index contributed by atoms with van der Waals surface area (Å²) in [5, 5.41) is 0.742. The maximum absolute atomic E-state index is 12.6. The van der Waals surface area contributed by atoms with Crippen molar-refractivity contribution in [2.24, 2.45) is 5.73 Å². The van der Waals surface area contributed by atoms with E-state index in [1.165, 1.54) is 11.3 Å². The Balaban J connectivity index is 1.73. The molecule has 0 aliphatic carbocycles. The average Bonchev–Trinajstić information content (AvgIpc) is 3.32. The summed E-state index contributed by atoms with van der Waals surface area (Å²) in [7, 11) is 0. The number of thiazole rings is 1. The van der Waals surface area contributed by atoms with Gasteiger partial charge < -0.3 is 15.5 Å². The molecule has 0 unspecified atom stereocenters. The number of rotatable bonds is 7. The first-order valence-corrected chi connectivity index (χ1v) is 10.1. The third-order valence-electron chi connectivity index (χ3n) is 4.88. The minimum absolute atomic E-state index is 0.0873. The monoisotopic (exact) mass is 387 g/mol. The molecule has 0 radical (unpaired) electrons. The molecule has 1 saturated heterocycles. The molecule has 1 aliphatic heterocycles. The van der Waals surface area contributed by atoms with Crippen LogP contribution in [0.5, 0.6) is 0 Å². The van der Waals surface area contributed by atoms with Gasteiger partial charge in [0, 0.05) is 32.0 Å². The molecule has 3 rings (SSSR count). The lowest BCUT2D eigenvalue weighted by atomic mass is 10.2. The number of pyridine rings is 1. The van der Waals surface area contributed by atoms with Gasteiger partial charge in [-0.2, -0.15) is 0 Å². The first kappa shape index (κ1) is 19.3. The standard InChI is InChI=1S/C19H25N5O2S/c1-3-23(4-2)16-10-13(7-8-21-16)15-12-22-17(27-15)11-18(25)24-9-5-6-14(24)19(20)26/h7-8,10,12,14H,3-6,9,11H2,1-2H3,(H2,20,26)/t14-/m0/s1. The molecule has 1 aliphatic rings. The van der Waals surface area contributed by atoms with Crippen molar-refractivity contribution in [1.29, 1.82) is 0 Å². The van der Waals surface area contributed by atoms with Crippen molar-refractivity contribution in [3.8, 4) is 10.4 Å². The van der Waals surface area contributed by atoms with Gasteiger partial charge >= 0.3 is 0 Å². The molecule has 144 valence electrons. The Morgan fingerprint density at radius 2 is 2.11 bits per heavy atom. The van der Waals surface area contributed by atoms with Gasteiger partial charge in [-0.1, -0.05) is 0 Å². The van der Waals surface area contributed by atoms with Crippen molar-refractivity contribution in [2.75, 3.05) is 24.5 Å². The van der Waals surface area contributed by atoms with Crippen LogP contribution in [0.1, 0.15) is 31.7 Å². The molecule has 3 heterocycles. The van der Waals surface area contributed by atoms with E-state index in [-0.39, 0.29) is 12.3 Å². The molecule has 0 aromatic carbocycles. The van der Waals surface area contributed by atoms with Crippen molar-refractivity contribution < 1.29 is 9.59 Å². The van der Waals surface area contributed by atoms with Crippen molar-refractivity contribution in [1.82, 2.24) is 14.9 Å². The number of amides is 2. The van der Waals surface area contributed by atoms with E-state index in [0.29, 0.717) is 13.0 Å². The summed E-state index contributed by atoms with van der Waals surface area (Å²) in [4.78, 5) is 37.7. The van der Waals surface area contributed by atoms with Gasteiger partial charge in [-0.25, -0.2) is 9.97 Å². The topological polar surface area (TPSA) is 92.4 Å². The Morgan fingerprint density at radius 1 is 1.33 bits per heavy atom. The minimum Gasteiger partial charge on any atom is -0.368 e. The maximum atomic E-state index is 12.6. The molecule has 27 heavy (non-hydrogen) atoms. The van der Waals surface area contributed by atoms with Crippen molar-refractivity contribution >= 4 is 29.0 Å². The predicted octanol–water partition coefficient (Wildman–Crippen LogP) is 2.07. The van der Waals surface area contributed by atoms with Crippen LogP contribution in [0.2, 0.25) is 0 Å². The van der Waals surface area contributed by atoms with Gasteiger partial charge in [0.1, 0.15) is 16.9 Å². The molecule has 0 spiro atoms. The lowest BCUT2D eigenvalue weighted by molar-refractivity contribution is -0.136. The Kier molecular flexibility index (Phi) is 6.05. The molecule has 1 fully saturated rings. The van der Waals surface area contributed by atoms with E-state index >= 15 is 0 Å². The number of hydrogen-bond donors (Lipinski definition) is 1.